The van der Waals surface area contributed by atoms with E-state index in [4.69, 9.17) is 5.73 Å². The van der Waals surface area contributed by atoms with E-state index in [-0.39, 0.29) is 16.4 Å². The summed E-state index contributed by atoms with van der Waals surface area (Å²) >= 11 is 0. The van der Waals surface area contributed by atoms with Crippen molar-refractivity contribution in [3.63, 3.8) is 0 Å². The van der Waals surface area contributed by atoms with Crippen LogP contribution in [0.2, 0.25) is 0 Å². The van der Waals surface area contributed by atoms with Gasteiger partial charge in [-0.25, -0.2) is 18.4 Å². The Morgan fingerprint density at radius 1 is 0.973 bits per heavy atom. The first-order valence-electron chi connectivity index (χ1n) is 12.6. The molecule has 10 nitrogen and oxygen atoms in total. The van der Waals surface area contributed by atoms with E-state index in [0.29, 0.717) is 30.0 Å². The summed E-state index contributed by atoms with van der Waals surface area (Å²) in [5.41, 5.74) is 8.68. The summed E-state index contributed by atoms with van der Waals surface area (Å²) in [5.74, 6) is -0.465. The van der Waals surface area contributed by atoms with E-state index in [0.717, 1.165) is 44.5 Å². The standard InChI is InChI=1S/C26H31N7O3S/c27-25-24(26(34)31-22-17-28-11-9-20(22)10-16-32-12-1-2-13-32)30-23(18-29-25)19-5-7-21(8-6-19)37(35,36)33-14-3-4-15-33/h5-9,11,17-18H,1-4,10,12-16H2,(H2,27,29)(H,31,34). The van der Waals surface area contributed by atoms with Gasteiger partial charge >= 0.3 is 0 Å². The molecule has 2 aromatic heterocycles. The van der Waals surface area contributed by atoms with Crippen molar-refractivity contribution in [2.45, 2.75) is 37.0 Å². The number of nitrogens with two attached hydrogens (primary N) is 1. The highest BCUT2D eigenvalue weighted by atomic mass is 32.2. The number of aromatic nitrogens is 3. The Kier molecular flexibility index (Phi) is 7.45. The van der Waals surface area contributed by atoms with Crippen LogP contribution in [0.25, 0.3) is 11.3 Å². The zero-order valence-corrected chi connectivity index (χ0v) is 21.5. The third kappa shape index (κ3) is 5.63. The van der Waals surface area contributed by atoms with Crippen LogP contribution < -0.4 is 11.1 Å². The smallest absolute Gasteiger partial charge is 0.278 e. The number of carbonyl (C=O) groups excluding carboxylic acids is 1. The minimum atomic E-state index is -3.51. The lowest BCUT2D eigenvalue weighted by Crippen LogP contribution is -2.27. The van der Waals surface area contributed by atoms with E-state index in [1.807, 2.05) is 6.07 Å². The molecular formula is C26H31N7O3S. The van der Waals surface area contributed by atoms with Crippen LogP contribution in [0.5, 0.6) is 0 Å². The summed E-state index contributed by atoms with van der Waals surface area (Å²) in [4.78, 5) is 28.6. The van der Waals surface area contributed by atoms with E-state index < -0.39 is 15.9 Å². The van der Waals surface area contributed by atoms with Crippen molar-refractivity contribution in [3.05, 3.63) is 60.2 Å². The molecule has 0 bridgehead atoms. The quantitative estimate of drug-likeness (QED) is 0.462. The fourth-order valence-electron chi connectivity index (χ4n) is 4.80. The molecule has 2 saturated heterocycles. The number of likely N-dealkylation sites (tertiary alicyclic amines) is 1. The minimum absolute atomic E-state index is 0.000566. The van der Waals surface area contributed by atoms with E-state index in [9.17, 15) is 13.2 Å². The number of benzene rings is 1. The predicted octanol–water partition coefficient (Wildman–Crippen LogP) is 2.80. The van der Waals surface area contributed by atoms with Gasteiger partial charge in [0.15, 0.2) is 11.5 Å². The Morgan fingerprint density at radius 2 is 1.68 bits per heavy atom. The predicted molar refractivity (Wildman–Crippen MR) is 141 cm³/mol. The highest BCUT2D eigenvalue weighted by molar-refractivity contribution is 7.89. The summed E-state index contributed by atoms with van der Waals surface area (Å²) < 4.78 is 27.1. The van der Waals surface area contributed by atoms with Gasteiger partial charge in [-0.3, -0.25) is 9.78 Å². The first-order valence-corrected chi connectivity index (χ1v) is 14.1. The number of anilines is 2. The van der Waals surface area contributed by atoms with Gasteiger partial charge in [-0.05, 0) is 69.0 Å². The molecule has 0 atom stereocenters. The molecule has 0 spiro atoms. The molecule has 3 aromatic rings. The molecule has 3 N–H and O–H groups in total. The molecule has 5 rings (SSSR count). The maximum absolute atomic E-state index is 13.1. The average molecular weight is 522 g/mol. The monoisotopic (exact) mass is 521 g/mol. The molecule has 0 aliphatic carbocycles. The Bertz CT molecular complexity index is 1370. The molecule has 1 aromatic carbocycles. The van der Waals surface area contributed by atoms with E-state index in [1.54, 1.807) is 36.7 Å². The Labute approximate surface area is 217 Å². The van der Waals surface area contributed by atoms with Gasteiger partial charge in [0.05, 0.1) is 28.7 Å². The number of pyridine rings is 1. The Balaban J connectivity index is 1.32. The average Bonchev–Trinajstić information content (AvgIpc) is 3.64. The molecule has 2 fully saturated rings. The van der Waals surface area contributed by atoms with E-state index >= 15 is 0 Å². The maximum atomic E-state index is 13.1. The lowest BCUT2D eigenvalue weighted by molar-refractivity contribution is 0.102. The van der Waals surface area contributed by atoms with Crippen LogP contribution in [0.3, 0.4) is 0 Å². The molecule has 0 unspecified atom stereocenters. The van der Waals surface area contributed by atoms with Crippen molar-refractivity contribution < 1.29 is 13.2 Å². The summed E-state index contributed by atoms with van der Waals surface area (Å²) in [6.45, 7) is 4.23. The summed E-state index contributed by atoms with van der Waals surface area (Å²) in [6.07, 6.45) is 9.83. The number of hydrogen-bond acceptors (Lipinski definition) is 8. The number of nitrogens with one attached hydrogen (secondary N) is 1. The van der Waals surface area contributed by atoms with Gasteiger partial charge in [-0.2, -0.15) is 4.31 Å². The zero-order chi connectivity index (χ0) is 25.8. The molecule has 11 heteroatoms. The largest absolute Gasteiger partial charge is 0.382 e. The van der Waals surface area contributed by atoms with E-state index in [2.05, 4.69) is 25.2 Å². The van der Waals surface area contributed by atoms with Crippen LogP contribution in [-0.4, -0.2) is 71.2 Å². The zero-order valence-electron chi connectivity index (χ0n) is 20.6. The SMILES string of the molecule is Nc1ncc(-c2ccc(S(=O)(=O)N3CCCC3)cc2)nc1C(=O)Nc1cnccc1CCN1CCCC1. The highest BCUT2D eigenvalue weighted by Gasteiger charge is 2.27. The van der Waals surface area contributed by atoms with Crippen molar-refractivity contribution in [2.24, 2.45) is 0 Å². The summed E-state index contributed by atoms with van der Waals surface area (Å²) in [6, 6.07) is 8.37. The number of nitrogen functional groups attached to an aromatic ring is 1. The van der Waals surface area contributed by atoms with Gasteiger partial charge in [-0.1, -0.05) is 12.1 Å². The van der Waals surface area contributed by atoms with Crippen LogP contribution in [0, 0.1) is 0 Å². The number of hydrogen-bond donors (Lipinski definition) is 2. The lowest BCUT2D eigenvalue weighted by Gasteiger charge is -2.16. The first-order chi connectivity index (χ1) is 17.9. The second kappa shape index (κ2) is 10.9. The Hall–Kier alpha value is -3.41. The first kappa shape index (κ1) is 25.2. The van der Waals surface area contributed by atoms with Gasteiger partial charge in [0, 0.05) is 31.4 Å². The molecule has 1 amide bonds. The third-order valence-corrected chi connectivity index (χ3v) is 8.84. The lowest BCUT2D eigenvalue weighted by atomic mass is 10.1. The number of nitrogens with zero attached hydrogens (tertiary/aromatic N) is 5. The Morgan fingerprint density at radius 3 is 2.41 bits per heavy atom. The number of amides is 1. The van der Waals surface area contributed by atoms with Gasteiger partial charge in [0.2, 0.25) is 10.0 Å². The van der Waals surface area contributed by atoms with Crippen molar-refractivity contribution in [1.82, 2.24) is 24.2 Å². The van der Waals surface area contributed by atoms with Crippen LogP contribution in [0.1, 0.15) is 41.7 Å². The number of carbonyl (C=O) groups is 1. The molecule has 37 heavy (non-hydrogen) atoms. The summed E-state index contributed by atoms with van der Waals surface area (Å²) in [7, 11) is -3.51. The number of sulfonamides is 1. The highest BCUT2D eigenvalue weighted by Crippen LogP contribution is 2.25. The van der Waals surface area contributed by atoms with Gasteiger partial charge < -0.3 is 16.0 Å². The summed E-state index contributed by atoms with van der Waals surface area (Å²) in [5, 5.41) is 2.89. The molecule has 0 saturated carbocycles. The van der Waals surface area contributed by atoms with Gasteiger partial charge in [0.1, 0.15) is 0 Å². The van der Waals surface area contributed by atoms with Crippen molar-refractivity contribution in [3.8, 4) is 11.3 Å². The van der Waals surface area contributed by atoms with Crippen LogP contribution >= 0.6 is 0 Å². The van der Waals surface area contributed by atoms with E-state index in [1.165, 1.54) is 23.3 Å². The molecule has 0 radical (unpaired) electrons. The normalized spacial score (nSPS) is 16.8. The van der Waals surface area contributed by atoms with Crippen LogP contribution in [0.4, 0.5) is 11.5 Å². The molecule has 194 valence electrons. The van der Waals surface area contributed by atoms with Crippen molar-refractivity contribution in [1.29, 1.82) is 0 Å². The fourth-order valence-corrected chi connectivity index (χ4v) is 6.32. The molecule has 4 heterocycles. The molecular weight excluding hydrogens is 490 g/mol. The van der Waals surface area contributed by atoms with Crippen LogP contribution in [0.15, 0.2) is 53.8 Å². The fraction of sp³-hybridized carbons (Fsp3) is 0.385. The maximum Gasteiger partial charge on any atom is 0.278 e. The second-order valence-electron chi connectivity index (χ2n) is 9.41. The molecule has 2 aliphatic rings. The van der Waals surface area contributed by atoms with Gasteiger partial charge in [-0.15, -0.1) is 0 Å². The van der Waals surface area contributed by atoms with Crippen LogP contribution in [-0.2, 0) is 16.4 Å². The third-order valence-electron chi connectivity index (χ3n) is 6.92. The van der Waals surface area contributed by atoms with Crippen molar-refractivity contribution >= 4 is 27.4 Å². The van der Waals surface area contributed by atoms with Crippen molar-refractivity contribution in [2.75, 3.05) is 43.8 Å². The second-order valence-corrected chi connectivity index (χ2v) is 11.3. The topological polar surface area (TPSA) is 134 Å². The number of rotatable bonds is 8. The minimum Gasteiger partial charge on any atom is -0.382 e. The van der Waals surface area contributed by atoms with Gasteiger partial charge in [0.25, 0.3) is 5.91 Å². The molecule has 2 aliphatic heterocycles.